The smallest absolute Gasteiger partial charge is 0.417 e. The maximum atomic E-state index is 13.2. The summed E-state index contributed by atoms with van der Waals surface area (Å²) in [5, 5.41) is 11.7. The highest BCUT2D eigenvalue weighted by Crippen LogP contribution is 2.37. The van der Waals surface area contributed by atoms with Gasteiger partial charge in [0.15, 0.2) is 0 Å². The number of rotatable bonds is 4. The van der Waals surface area contributed by atoms with Gasteiger partial charge in [0.05, 0.1) is 29.6 Å². The fourth-order valence-corrected chi connectivity index (χ4v) is 2.04. The molecule has 122 valence electrons. The predicted octanol–water partition coefficient (Wildman–Crippen LogP) is 4.29. The van der Waals surface area contributed by atoms with E-state index in [0.29, 0.717) is 6.07 Å². The summed E-state index contributed by atoms with van der Waals surface area (Å²) in [5.74, 6) is -2.31. The maximum absolute atomic E-state index is 13.2. The van der Waals surface area contributed by atoms with E-state index in [2.05, 4.69) is 5.32 Å². The Morgan fingerprint density at radius 1 is 1.17 bits per heavy atom. The molecule has 0 unspecified atom stereocenters. The average Bonchev–Trinajstić information content (AvgIpc) is 2.47. The summed E-state index contributed by atoms with van der Waals surface area (Å²) in [4.78, 5) is 11.3. The Hall–Kier alpha value is -2.77. The van der Waals surface area contributed by atoms with E-state index >= 15 is 0 Å². The molecular formula is C15H11F4NO3. The summed E-state index contributed by atoms with van der Waals surface area (Å²) in [5.41, 5.74) is -2.35. The molecule has 23 heavy (non-hydrogen) atoms. The lowest BCUT2D eigenvalue weighted by atomic mass is 10.0. The van der Waals surface area contributed by atoms with Gasteiger partial charge in [0.25, 0.3) is 0 Å². The number of alkyl halides is 3. The first-order valence-corrected chi connectivity index (χ1v) is 6.28. The number of aromatic carboxylic acids is 1. The van der Waals surface area contributed by atoms with Crippen molar-refractivity contribution >= 4 is 17.3 Å². The number of methoxy groups -OCH3 is 1. The highest BCUT2D eigenvalue weighted by Gasteiger charge is 2.36. The van der Waals surface area contributed by atoms with Gasteiger partial charge in [0.2, 0.25) is 0 Å². The molecule has 2 aromatic rings. The van der Waals surface area contributed by atoms with Crippen LogP contribution in [0, 0.1) is 5.82 Å². The Balaban J connectivity index is 2.55. The molecule has 2 rings (SSSR count). The van der Waals surface area contributed by atoms with E-state index < -0.39 is 29.1 Å². The molecule has 0 saturated heterocycles. The number of ether oxygens (including phenoxy) is 1. The molecule has 0 amide bonds. The van der Waals surface area contributed by atoms with Gasteiger partial charge in [-0.2, -0.15) is 13.2 Å². The number of benzene rings is 2. The van der Waals surface area contributed by atoms with Gasteiger partial charge in [-0.15, -0.1) is 0 Å². The van der Waals surface area contributed by atoms with Crippen LogP contribution in [0.2, 0.25) is 0 Å². The first-order valence-electron chi connectivity index (χ1n) is 6.28. The van der Waals surface area contributed by atoms with Crippen molar-refractivity contribution in [2.24, 2.45) is 0 Å². The number of carboxylic acid groups (broad SMARTS) is 1. The van der Waals surface area contributed by atoms with Gasteiger partial charge >= 0.3 is 12.1 Å². The molecule has 4 nitrogen and oxygen atoms in total. The molecular weight excluding hydrogens is 318 g/mol. The second-order valence-corrected chi connectivity index (χ2v) is 4.50. The molecule has 0 aliphatic rings. The monoisotopic (exact) mass is 329 g/mol. The second-order valence-electron chi connectivity index (χ2n) is 4.50. The lowest BCUT2D eigenvalue weighted by molar-refractivity contribution is -0.138. The summed E-state index contributed by atoms with van der Waals surface area (Å²) < 4.78 is 57.0. The third kappa shape index (κ3) is 3.53. The zero-order valence-corrected chi connectivity index (χ0v) is 11.7. The molecule has 0 heterocycles. The topological polar surface area (TPSA) is 58.6 Å². The van der Waals surface area contributed by atoms with Crippen LogP contribution in [-0.4, -0.2) is 18.2 Å². The SMILES string of the molecule is COc1cc(F)ccc1Nc1cccc(C(F)(F)F)c1C(=O)O. The van der Waals surface area contributed by atoms with Crippen molar-refractivity contribution < 1.29 is 32.2 Å². The van der Waals surface area contributed by atoms with Crippen LogP contribution in [0.25, 0.3) is 0 Å². The standard InChI is InChI=1S/C15H11F4NO3/c1-23-12-7-8(16)5-6-10(12)20-11-4-2-3-9(15(17,18)19)13(11)14(21)22/h2-7,20H,1H3,(H,21,22). The van der Waals surface area contributed by atoms with E-state index in [1.165, 1.54) is 19.2 Å². The van der Waals surface area contributed by atoms with E-state index in [9.17, 15) is 22.4 Å². The fraction of sp³-hybridized carbons (Fsp3) is 0.133. The van der Waals surface area contributed by atoms with Crippen molar-refractivity contribution in [3.05, 3.63) is 53.3 Å². The van der Waals surface area contributed by atoms with E-state index in [1.807, 2.05) is 0 Å². The lowest BCUT2D eigenvalue weighted by Gasteiger charge is -2.16. The minimum Gasteiger partial charge on any atom is -0.494 e. The van der Waals surface area contributed by atoms with Crippen molar-refractivity contribution in [1.82, 2.24) is 0 Å². The van der Waals surface area contributed by atoms with Crippen LogP contribution in [0.4, 0.5) is 28.9 Å². The zero-order chi connectivity index (χ0) is 17.2. The highest BCUT2D eigenvalue weighted by molar-refractivity contribution is 5.97. The highest BCUT2D eigenvalue weighted by atomic mass is 19.4. The van der Waals surface area contributed by atoms with Gasteiger partial charge in [-0.3, -0.25) is 0 Å². The fourth-order valence-electron chi connectivity index (χ4n) is 2.04. The van der Waals surface area contributed by atoms with Crippen molar-refractivity contribution in [3.8, 4) is 5.75 Å². The van der Waals surface area contributed by atoms with Crippen molar-refractivity contribution in [2.75, 3.05) is 12.4 Å². The molecule has 8 heteroatoms. The van der Waals surface area contributed by atoms with E-state index in [-0.39, 0.29) is 17.1 Å². The number of carbonyl (C=O) groups is 1. The summed E-state index contributed by atoms with van der Waals surface area (Å²) in [7, 11) is 1.25. The zero-order valence-electron chi connectivity index (χ0n) is 11.7. The number of anilines is 2. The molecule has 0 saturated carbocycles. The molecule has 0 aliphatic heterocycles. The van der Waals surface area contributed by atoms with Gasteiger partial charge in [-0.1, -0.05) is 6.07 Å². The predicted molar refractivity (Wildman–Crippen MR) is 74.6 cm³/mol. The number of carboxylic acids is 1. The maximum Gasteiger partial charge on any atom is 0.417 e. The molecule has 2 aromatic carbocycles. The summed E-state index contributed by atoms with van der Waals surface area (Å²) in [6.07, 6.45) is -4.82. The second kappa shape index (κ2) is 6.15. The van der Waals surface area contributed by atoms with Crippen LogP contribution in [-0.2, 0) is 6.18 Å². The Labute approximate surface area is 128 Å². The molecule has 0 fully saturated rings. The normalized spacial score (nSPS) is 11.2. The number of hydrogen-bond donors (Lipinski definition) is 2. The van der Waals surface area contributed by atoms with Crippen LogP contribution in [0.3, 0.4) is 0 Å². The van der Waals surface area contributed by atoms with E-state index in [0.717, 1.165) is 18.2 Å². The summed E-state index contributed by atoms with van der Waals surface area (Å²) in [6.45, 7) is 0. The minimum atomic E-state index is -4.82. The third-order valence-electron chi connectivity index (χ3n) is 3.02. The van der Waals surface area contributed by atoms with Crippen LogP contribution in [0.5, 0.6) is 5.75 Å². The van der Waals surface area contributed by atoms with E-state index in [4.69, 9.17) is 9.84 Å². The van der Waals surface area contributed by atoms with Crippen LogP contribution < -0.4 is 10.1 Å². The number of halogens is 4. The Morgan fingerprint density at radius 3 is 2.43 bits per heavy atom. The molecule has 2 N–H and O–H groups in total. The third-order valence-corrected chi connectivity index (χ3v) is 3.02. The van der Waals surface area contributed by atoms with Gasteiger partial charge in [-0.05, 0) is 24.3 Å². The molecule has 0 radical (unpaired) electrons. The van der Waals surface area contributed by atoms with Crippen LogP contribution >= 0.6 is 0 Å². The molecule has 0 atom stereocenters. The van der Waals surface area contributed by atoms with Crippen molar-refractivity contribution in [3.63, 3.8) is 0 Å². The van der Waals surface area contributed by atoms with Gasteiger partial charge in [-0.25, -0.2) is 9.18 Å². The van der Waals surface area contributed by atoms with Crippen molar-refractivity contribution in [2.45, 2.75) is 6.18 Å². The Morgan fingerprint density at radius 2 is 1.87 bits per heavy atom. The summed E-state index contributed by atoms with van der Waals surface area (Å²) >= 11 is 0. The van der Waals surface area contributed by atoms with Crippen molar-refractivity contribution in [1.29, 1.82) is 0 Å². The first-order chi connectivity index (χ1) is 10.7. The Bertz CT molecular complexity index is 744. The quantitative estimate of drug-likeness (QED) is 0.822. The number of hydrogen-bond acceptors (Lipinski definition) is 3. The lowest BCUT2D eigenvalue weighted by Crippen LogP contribution is -2.15. The van der Waals surface area contributed by atoms with Crippen LogP contribution in [0.1, 0.15) is 15.9 Å². The van der Waals surface area contributed by atoms with Crippen LogP contribution in [0.15, 0.2) is 36.4 Å². The Kier molecular flexibility index (Phi) is 4.44. The molecule has 0 aliphatic carbocycles. The van der Waals surface area contributed by atoms with Gasteiger partial charge < -0.3 is 15.2 Å². The first kappa shape index (κ1) is 16.6. The number of nitrogens with one attached hydrogen (secondary N) is 1. The summed E-state index contributed by atoms with van der Waals surface area (Å²) in [6, 6.07) is 6.26. The average molecular weight is 329 g/mol. The minimum absolute atomic E-state index is 0.0266. The largest absolute Gasteiger partial charge is 0.494 e. The molecule has 0 aromatic heterocycles. The molecule has 0 spiro atoms. The van der Waals surface area contributed by atoms with Gasteiger partial charge in [0, 0.05) is 6.07 Å². The van der Waals surface area contributed by atoms with E-state index in [1.54, 1.807) is 0 Å². The molecule has 0 bridgehead atoms. The van der Waals surface area contributed by atoms with Gasteiger partial charge in [0.1, 0.15) is 11.6 Å².